The van der Waals surface area contributed by atoms with E-state index in [1.807, 2.05) is 36.4 Å². The van der Waals surface area contributed by atoms with E-state index in [-0.39, 0.29) is 11.8 Å². The summed E-state index contributed by atoms with van der Waals surface area (Å²) in [6, 6.07) is 13.6. The summed E-state index contributed by atoms with van der Waals surface area (Å²) in [4.78, 5) is 12.6. The zero-order valence-corrected chi connectivity index (χ0v) is 13.7. The van der Waals surface area contributed by atoms with Crippen molar-refractivity contribution in [3.8, 4) is 0 Å². The van der Waals surface area contributed by atoms with Crippen LogP contribution in [0, 0.1) is 0 Å². The lowest BCUT2D eigenvalue weighted by Crippen LogP contribution is -2.35. The molecule has 0 radical (unpaired) electrons. The highest BCUT2D eigenvalue weighted by atomic mass is 79.9. The Kier molecular flexibility index (Phi) is 4.43. The highest BCUT2D eigenvalue weighted by molar-refractivity contribution is 9.10. The monoisotopic (exact) mass is 363 g/mol. The van der Waals surface area contributed by atoms with Crippen LogP contribution in [0.15, 0.2) is 46.9 Å². The van der Waals surface area contributed by atoms with E-state index < -0.39 is 0 Å². The van der Waals surface area contributed by atoms with Crippen LogP contribution in [-0.2, 0) is 17.6 Å². The summed E-state index contributed by atoms with van der Waals surface area (Å²) in [6.45, 7) is 0.835. The predicted octanol–water partition coefficient (Wildman–Crippen LogP) is 4.10. The molecule has 0 bridgehead atoms. The molecule has 4 heteroatoms. The van der Waals surface area contributed by atoms with E-state index in [0.717, 1.165) is 28.6 Å². The average molecular weight is 365 g/mol. The van der Waals surface area contributed by atoms with Crippen LogP contribution in [0.3, 0.4) is 0 Å². The van der Waals surface area contributed by atoms with Gasteiger partial charge >= 0.3 is 0 Å². The second-order valence-corrected chi connectivity index (χ2v) is 6.54. The van der Waals surface area contributed by atoms with E-state index in [2.05, 4.69) is 27.3 Å². The summed E-state index contributed by atoms with van der Waals surface area (Å²) < 4.78 is 0.921. The summed E-state index contributed by atoms with van der Waals surface area (Å²) in [6.07, 6.45) is 1.32. The number of hydrogen-bond acceptors (Lipinski definition) is 2. The molecule has 108 valence electrons. The molecule has 0 saturated heterocycles. The fourth-order valence-corrected chi connectivity index (χ4v) is 3.49. The molecule has 0 aliphatic carbocycles. The number of rotatable bonds is 3. The molecule has 21 heavy (non-hydrogen) atoms. The molecule has 1 aliphatic rings. The Morgan fingerprint density at radius 1 is 1.29 bits per heavy atom. The predicted molar refractivity (Wildman–Crippen MR) is 88.8 cm³/mol. The lowest BCUT2D eigenvalue weighted by Gasteiger charge is -2.26. The highest BCUT2D eigenvalue weighted by Gasteiger charge is 2.25. The Bertz CT molecular complexity index is 686. The van der Waals surface area contributed by atoms with Gasteiger partial charge in [-0.05, 0) is 35.2 Å². The Hall–Kier alpha value is -1.16. The molecule has 1 N–H and O–H groups in total. The molecule has 0 fully saturated rings. The fourth-order valence-electron chi connectivity index (χ4n) is 2.75. The van der Waals surface area contributed by atoms with Gasteiger partial charge < -0.3 is 5.32 Å². The summed E-state index contributed by atoms with van der Waals surface area (Å²) in [5, 5.41) is 3.95. The van der Waals surface area contributed by atoms with Crippen LogP contribution >= 0.6 is 27.5 Å². The molecule has 2 aromatic rings. The van der Waals surface area contributed by atoms with Crippen LogP contribution in [-0.4, -0.2) is 12.3 Å². The third kappa shape index (κ3) is 3.20. The Morgan fingerprint density at radius 3 is 2.90 bits per heavy atom. The van der Waals surface area contributed by atoms with Crippen LogP contribution in [0.25, 0.3) is 0 Å². The van der Waals surface area contributed by atoms with E-state index in [4.69, 9.17) is 11.6 Å². The zero-order valence-electron chi connectivity index (χ0n) is 11.4. The quantitative estimate of drug-likeness (QED) is 0.888. The fraction of sp³-hybridized carbons (Fsp3) is 0.235. The molecule has 0 spiro atoms. The first-order valence-corrected chi connectivity index (χ1v) is 8.10. The van der Waals surface area contributed by atoms with Gasteiger partial charge in [-0.3, -0.25) is 4.79 Å². The van der Waals surface area contributed by atoms with E-state index in [0.29, 0.717) is 11.4 Å². The Balaban J connectivity index is 1.83. The lowest BCUT2D eigenvalue weighted by molar-refractivity contribution is -0.120. The van der Waals surface area contributed by atoms with Crippen molar-refractivity contribution < 1.29 is 4.79 Å². The van der Waals surface area contributed by atoms with Crippen molar-refractivity contribution in [2.24, 2.45) is 0 Å². The molecule has 0 amide bonds. The summed E-state index contributed by atoms with van der Waals surface area (Å²) >= 11 is 9.59. The summed E-state index contributed by atoms with van der Waals surface area (Å²) in [5.74, 6) is 0.159. The van der Waals surface area contributed by atoms with Crippen molar-refractivity contribution in [2.45, 2.75) is 18.9 Å². The molecule has 1 unspecified atom stereocenters. The number of carbonyl (C=O) groups excluding carboxylic acids is 1. The molecular formula is C17H15BrClNO. The van der Waals surface area contributed by atoms with Gasteiger partial charge in [0.2, 0.25) is 0 Å². The van der Waals surface area contributed by atoms with E-state index in [1.165, 1.54) is 5.56 Å². The summed E-state index contributed by atoms with van der Waals surface area (Å²) in [5.41, 5.74) is 3.23. The number of ketones is 1. The van der Waals surface area contributed by atoms with Gasteiger partial charge in [-0.25, -0.2) is 0 Å². The smallest absolute Gasteiger partial charge is 0.158 e. The third-order valence-electron chi connectivity index (χ3n) is 3.81. The van der Waals surface area contributed by atoms with E-state index >= 15 is 0 Å². The molecule has 0 saturated carbocycles. The van der Waals surface area contributed by atoms with Crippen molar-refractivity contribution in [1.29, 1.82) is 0 Å². The van der Waals surface area contributed by atoms with Crippen LogP contribution in [0.1, 0.15) is 22.7 Å². The maximum absolute atomic E-state index is 12.6. The molecule has 3 rings (SSSR count). The van der Waals surface area contributed by atoms with Gasteiger partial charge in [-0.15, -0.1) is 0 Å². The van der Waals surface area contributed by atoms with Crippen LogP contribution in [0.4, 0.5) is 0 Å². The number of carbonyl (C=O) groups is 1. The molecule has 1 atom stereocenters. The average Bonchev–Trinajstić information content (AvgIpc) is 2.49. The van der Waals surface area contributed by atoms with Crippen LogP contribution in [0.2, 0.25) is 5.02 Å². The molecular weight excluding hydrogens is 350 g/mol. The summed E-state index contributed by atoms with van der Waals surface area (Å²) in [7, 11) is 0. The number of benzene rings is 2. The number of fused-ring (bicyclic) bond motifs is 1. The topological polar surface area (TPSA) is 29.1 Å². The zero-order chi connectivity index (χ0) is 14.8. The third-order valence-corrected chi connectivity index (χ3v) is 4.66. The van der Waals surface area contributed by atoms with Gasteiger partial charge in [0.1, 0.15) is 0 Å². The normalized spacial score (nSPS) is 17.3. The minimum atomic E-state index is -0.227. The second-order valence-electron chi connectivity index (χ2n) is 5.21. The maximum atomic E-state index is 12.6. The van der Waals surface area contributed by atoms with Gasteiger partial charge in [0.25, 0.3) is 0 Å². The largest absolute Gasteiger partial charge is 0.303 e. The van der Waals surface area contributed by atoms with E-state index in [9.17, 15) is 4.79 Å². The van der Waals surface area contributed by atoms with Crippen molar-refractivity contribution in [1.82, 2.24) is 5.32 Å². The first kappa shape index (κ1) is 14.8. The number of nitrogens with one attached hydrogen (secondary N) is 1. The van der Waals surface area contributed by atoms with Crippen molar-refractivity contribution in [3.63, 3.8) is 0 Å². The minimum Gasteiger partial charge on any atom is -0.303 e. The molecule has 2 nitrogen and oxygen atoms in total. The Morgan fingerprint density at radius 2 is 2.10 bits per heavy atom. The minimum absolute atomic E-state index is 0.159. The second kappa shape index (κ2) is 6.30. The highest BCUT2D eigenvalue weighted by Crippen LogP contribution is 2.27. The van der Waals surface area contributed by atoms with Crippen LogP contribution < -0.4 is 5.32 Å². The number of Topliss-reactive ketones (excluding diaryl/α,β-unsaturated/α-hetero) is 1. The number of hydrogen-bond donors (Lipinski definition) is 1. The number of halogens is 2. The van der Waals surface area contributed by atoms with Crippen molar-refractivity contribution >= 4 is 33.3 Å². The van der Waals surface area contributed by atoms with Gasteiger partial charge in [-0.1, -0.05) is 57.9 Å². The standard InChI is InChI=1S/C17H15BrClNO/c18-13-6-5-12(15(19)10-13)9-16(21)17-14-4-2-1-3-11(14)7-8-20-17/h1-6,10,17,20H,7-9H2. The van der Waals surface area contributed by atoms with Gasteiger partial charge in [0, 0.05) is 22.5 Å². The molecule has 0 aromatic heterocycles. The van der Waals surface area contributed by atoms with Gasteiger partial charge in [-0.2, -0.15) is 0 Å². The first-order chi connectivity index (χ1) is 10.1. The Labute approximate surface area is 137 Å². The first-order valence-electron chi connectivity index (χ1n) is 6.93. The van der Waals surface area contributed by atoms with Crippen LogP contribution in [0.5, 0.6) is 0 Å². The van der Waals surface area contributed by atoms with E-state index in [1.54, 1.807) is 0 Å². The molecule has 2 aromatic carbocycles. The van der Waals surface area contributed by atoms with Gasteiger partial charge in [0.05, 0.1) is 6.04 Å². The lowest BCUT2D eigenvalue weighted by atomic mass is 9.90. The molecule has 1 heterocycles. The molecule has 1 aliphatic heterocycles. The van der Waals surface area contributed by atoms with Crippen molar-refractivity contribution in [2.75, 3.05) is 6.54 Å². The van der Waals surface area contributed by atoms with Crippen molar-refractivity contribution in [3.05, 3.63) is 68.7 Å². The SMILES string of the molecule is O=C(Cc1ccc(Br)cc1Cl)C1NCCc2ccccc21. The maximum Gasteiger partial charge on any atom is 0.158 e. The van der Waals surface area contributed by atoms with Gasteiger partial charge in [0.15, 0.2) is 5.78 Å².